The summed E-state index contributed by atoms with van der Waals surface area (Å²) in [7, 11) is 0. The molecule has 4 saturated carbocycles. The zero-order valence-corrected chi connectivity index (χ0v) is 18.4. The Hall–Kier alpha value is -3.30. The van der Waals surface area contributed by atoms with Gasteiger partial charge in [0, 0.05) is 12.7 Å². The average Bonchev–Trinajstić information content (AvgIpc) is 3.36. The number of nitrogens with one attached hydrogen (secondary N) is 1. The van der Waals surface area contributed by atoms with Gasteiger partial charge < -0.3 is 10.4 Å². The minimum Gasteiger partial charge on any atom is -0.481 e. The zero-order valence-electron chi connectivity index (χ0n) is 18.4. The molecule has 0 radical (unpaired) electrons. The first-order valence-electron chi connectivity index (χ1n) is 11.7. The zero-order chi connectivity index (χ0) is 22.6. The molecule has 7 rings (SSSR count). The Kier molecular flexibility index (Phi) is 4.70. The molecule has 4 aliphatic rings. The highest BCUT2D eigenvalue weighted by atomic mass is 16.4. The van der Waals surface area contributed by atoms with Crippen LogP contribution in [0.3, 0.4) is 0 Å². The molecule has 10 heteroatoms. The number of nitrogens with zero attached hydrogens (tertiary/aromatic N) is 6. The second-order valence-corrected chi connectivity index (χ2v) is 10.3. The van der Waals surface area contributed by atoms with Crippen LogP contribution in [0.25, 0.3) is 5.65 Å². The van der Waals surface area contributed by atoms with Crippen molar-refractivity contribution in [3.63, 3.8) is 0 Å². The van der Waals surface area contributed by atoms with E-state index in [0.29, 0.717) is 17.0 Å². The van der Waals surface area contributed by atoms with Crippen LogP contribution in [0.1, 0.15) is 60.5 Å². The lowest BCUT2D eigenvalue weighted by Crippen LogP contribution is -2.51. The lowest BCUT2D eigenvalue weighted by Gasteiger charge is -2.56. The highest BCUT2D eigenvalue weighted by Crippen LogP contribution is 2.59. The van der Waals surface area contributed by atoms with Gasteiger partial charge in [0.25, 0.3) is 5.91 Å². The Balaban J connectivity index is 1.17. The standard InChI is InChI=1S/C23H27N7O3/c31-21(32)7-19-26-28-30(27-19)12-17-11-29-18(2-1-3-20(29)25-17)22(33)24-13-23-8-14-4-15(9-23)6-16(5-14)10-23/h1-3,11,14-16H,4-10,12-13H2,(H,24,33)(H,31,32). The van der Waals surface area contributed by atoms with E-state index in [1.54, 1.807) is 10.6 Å². The number of carbonyl (C=O) groups excluding carboxylic acids is 1. The van der Waals surface area contributed by atoms with Gasteiger partial charge >= 0.3 is 5.97 Å². The first-order valence-corrected chi connectivity index (χ1v) is 11.7. The van der Waals surface area contributed by atoms with E-state index in [0.717, 1.165) is 24.3 Å². The smallest absolute Gasteiger partial charge is 0.311 e. The van der Waals surface area contributed by atoms with Crippen molar-refractivity contribution in [2.45, 2.75) is 51.5 Å². The predicted octanol–water partition coefficient (Wildman–Crippen LogP) is 1.94. The van der Waals surface area contributed by atoms with Gasteiger partial charge in [0.1, 0.15) is 24.3 Å². The number of pyridine rings is 1. The fraction of sp³-hybridized carbons (Fsp3) is 0.565. The number of tetrazole rings is 1. The average molecular weight is 450 g/mol. The van der Waals surface area contributed by atoms with Gasteiger partial charge in [-0.15, -0.1) is 10.2 Å². The van der Waals surface area contributed by atoms with Crippen molar-refractivity contribution in [2.75, 3.05) is 6.54 Å². The Labute approximate surface area is 190 Å². The third kappa shape index (κ3) is 3.87. The summed E-state index contributed by atoms with van der Waals surface area (Å²) in [5.41, 5.74) is 2.16. The Morgan fingerprint density at radius 1 is 1.12 bits per heavy atom. The molecule has 0 aromatic carbocycles. The van der Waals surface area contributed by atoms with E-state index >= 15 is 0 Å². The van der Waals surface area contributed by atoms with E-state index in [4.69, 9.17) is 5.11 Å². The van der Waals surface area contributed by atoms with Gasteiger partial charge in [0.2, 0.25) is 0 Å². The molecule has 3 aromatic heterocycles. The molecule has 0 saturated heterocycles. The van der Waals surface area contributed by atoms with E-state index < -0.39 is 5.97 Å². The van der Waals surface area contributed by atoms with Crippen molar-refractivity contribution in [2.24, 2.45) is 23.2 Å². The molecule has 4 bridgehead atoms. The van der Waals surface area contributed by atoms with E-state index in [-0.39, 0.29) is 30.1 Å². The lowest BCUT2D eigenvalue weighted by atomic mass is 9.49. The van der Waals surface area contributed by atoms with Crippen LogP contribution in [0, 0.1) is 23.2 Å². The van der Waals surface area contributed by atoms with Crippen LogP contribution in [-0.2, 0) is 17.8 Å². The van der Waals surface area contributed by atoms with E-state index in [9.17, 15) is 9.59 Å². The Bertz CT molecular complexity index is 1190. The third-order valence-corrected chi connectivity index (χ3v) is 7.67. The summed E-state index contributed by atoms with van der Waals surface area (Å²) < 4.78 is 1.79. The number of amides is 1. The summed E-state index contributed by atoms with van der Waals surface area (Å²) >= 11 is 0. The van der Waals surface area contributed by atoms with Crippen LogP contribution in [-0.4, -0.2) is 53.1 Å². The van der Waals surface area contributed by atoms with Crippen LogP contribution in [0.4, 0.5) is 0 Å². The van der Waals surface area contributed by atoms with Crippen molar-refractivity contribution < 1.29 is 14.7 Å². The molecule has 3 aromatic rings. The van der Waals surface area contributed by atoms with Crippen molar-refractivity contribution in [3.05, 3.63) is 41.6 Å². The maximum absolute atomic E-state index is 13.2. The number of fused-ring (bicyclic) bond motifs is 1. The summed E-state index contributed by atoms with van der Waals surface area (Å²) in [5.74, 6) is 1.63. The van der Waals surface area contributed by atoms with Gasteiger partial charge in [-0.2, -0.15) is 4.80 Å². The van der Waals surface area contributed by atoms with Crippen molar-refractivity contribution in [1.82, 2.24) is 34.9 Å². The number of aliphatic carboxylic acids is 1. The van der Waals surface area contributed by atoms with Crippen LogP contribution in [0.15, 0.2) is 24.4 Å². The molecule has 0 spiro atoms. The summed E-state index contributed by atoms with van der Waals surface area (Å²) in [6, 6.07) is 5.50. The van der Waals surface area contributed by atoms with E-state index in [1.807, 2.05) is 18.2 Å². The fourth-order valence-electron chi connectivity index (χ4n) is 6.88. The SMILES string of the molecule is O=C(O)Cc1nnn(Cc2cn3c(C(=O)NCC45CC6CC(CC(C6)C4)C5)cccc3n2)n1. The van der Waals surface area contributed by atoms with Crippen molar-refractivity contribution in [1.29, 1.82) is 0 Å². The molecule has 0 unspecified atom stereocenters. The number of carboxylic acids is 1. The number of aromatic nitrogens is 6. The summed E-state index contributed by atoms with van der Waals surface area (Å²) in [6.07, 6.45) is 9.47. The number of hydrogen-bond donors (Lipinski definition) is 2. The predicted molar refractivity (Wildman–Crippen MR) is 116 cm³/mol. The molecule has 10 nitrogen and oxygen atoms in total. The second-order valence-electron chi connectivity index (χ2n) is 10.3. The molecule has 172 valence electrons. The Morgan fingerprint density at radius 2 is 1.85 bits per heavy atom. The second kappa shape index (κ2) is 7.64. The first kappa shape index (κ1) is 20.3. The molecular formula is C23H27N7O3. The maximum atomic E-state index is 13.2. The topological polar surface area (TPSA) is 127 Å². The molecule has 0 aliphatic heterocycles. The highest BCUT2D eigenvalue weighted by molar-refractivity contribution is 5.93. The third-order valence-electron chi connectivity index (χ3n) is 7.67. The van der Waals surface area contributed by atoms with E-state index in [1.165, 1.54) is 43.3 Å². The van der Waals surface area contributed by atoms with Gasteiger partial charge in [-0.3, -0.25) is 14.0 Å². The van der Waals surface area contributed by atoms with Crippen LogP contribution in [0.2, 0.25) is 0 Å². The molecule has 4 aliphatic carbocycles. The van der Waals surface area contributed by atoms with Gasteiger partial charge in [-0.25, -0.2) is 4.98 Å². The molecule has 1 amide bonds. The number of rotatable bonds is 7. The number of imidazole rings is 1. The van der Waals surface area contributed by atoms with Gasteiger partial charge in [0.15, 0.2) is 5.82 Å². The summed E-state index contributed by atoms with van der Waals surface area (Å²) in [5, 5.41) is 23.8. The number of carbonyl (C=O) groups is 2. The van der Waals surface area contributed by atoms with Crippen LogP contribution in [0.5, 0.6) is 0 Å². The molecule has 4 fully saturated rings. The maximum Gasteiger partial charge on any atom is 0.311 e. The minimum absolute atomic E-state index is 0.0806. The van der Waals surface area contributed by atoms with Gasteiger partial charge in [-0.05, 0) is 79.0 Å². The van der Waals surface area contributed by atoms with Crippen molar-refractivity contribution >= 4 is 17.5 Å². The molecular weight excluding hydrogens is 422 g/mol. The van der Waals surface area contributed by atoms with E-state index in [2.05, 4.69) is 25.7 Å². The number of hydrogen-bond acceptors (Lipinski definition) is 6. The summed E-state index contributed by atoms with van der Waals surface area (Å²) in [6.45, 7) is 0.991. The van der Waals surface area contributed by atoms with Gasteiger partial charge in [-0.1, -0.05) is 6.07 Å². The highest BCUT2D eigenvalue weighted by Gasteiger charge is 2.50. The van der Waals surface area contributed by atoms with Crippen LogP contribution < -0.4 is 5.32 Å². The normalized spacial score (nSPS) is 27.8. The molecule has 0 atom stereocenters. The van der Waals surface area contributed by atoms with Crippen LogP contribution >= 0.6 is 0 Å². The number of carboxylic acid groups (broad SMARTS) is 1. The van der Waals surface area contributed by atoms with Gasteiger partial charge in [0.05, 0.1) is 5.69 Å². The largest absolute Gasteiger partial charge is 0.481 e. The Morgan fingerprint density at radius 3 is 2.55 bits per heavy atom. The fourth-order valence-corrected chi connectivity index (χ4v) is 6.88. The molecule has 3 heterocycles. The monoisotopic (exact) mass is 449 g/mol. The molecule has 2 N–H and O–H groups in total. The first-order chi connectivity index (χ1) is 15.9. The molecule has 33 heavy (non-hydrogen) atoms. The summed E-state index contributed by atoms with van der Waals surface area (Å²) in [4.78, 5) is 29.9. The quantitative estimate of drug-likeness (QED) is 0.564. The minimum atomic E-state index is -1.01. The van der Waals surface area contributed by atoms with Crippen molar-refractivity contribution in [3.8, 4) is 0 Å². The lowest BCUT2D eigenvalue weighted by molar-refractivity contribution is -0.136.